The second-order valence-electron chi connectivity index (χ2n) is 2.51. The molecule has 0 fully saturated rings. The maximum Gasteiger partial charge on any atom is 0.304 e. The highest BCUT2D eigenvalue weighted by atomic mass is 79.9. The maximum atomic E-state index is 10.2. The lowest BCUT2D eigenvalue weighted by Crippen LogP contribution is -2.17. The Bertz CT molecular complexity index is 287. The Hall–Kier alpha value is -0.390. The molecule has 5 heteroatoms. The zero-order valence-electron chi connectivity index (χ0n) is 6.92. The summed E-state index contributed by atoms with van der Waals surface area (Å²) in [5.74, 6) is -0.766. The third-order valence-electron chi connectivity index (χ3n) is 1.49. The lowest BCUT2D eigenvalue weighted by molar-refractivity contribution is -0.136. The Morgan fingerprint density at radius 1 is 1.69 bits per heavy atom. The molecule has 0 bridgehead atoms. The van der Waals surface area contributed by atoms with Crippen molar-refractivity contribution < 1.29 is 9.90 Å². The second kappa shape index (κ2) is 5.36. The molecule has 0 aliphatic rings. The second-order valence-corrected chi connectivity index (χ2v) is 4.37. The van der Waals surface area contributed by atoms with E-state index in [1.54, 1.807) is 11.3 Å². The highest BCUT2D eigenvalue weighted by molar-refractivity contribution is 9.10. The van der Waals surface area contributed by atoms with Crippen molar-refractivity contribution in [3.8, 4) is 0 Å². The van der Waals surface area contributed by atoms with Crippen LogP contribution < -0.4 is 5.32 Å². The molecule has 13 heavy (non-hydrogen) atoms. The van der Waals surface area contributed by atoms with Crippen molar-refractivity contribution in [2.24, 2.45) is 0 Å². The fraction of sp³-hybridized carbons (Fsp3) is 0.375. The molecule has 1 aromatic rings. The molecule has 0 saturated heterocycles. The van der Waals surface area contributed by atoms with Gasteiger partial charge in [0, 0.05) is 22.4 Å². The van der Waals surface area contributed by atoms with Crippen LogP contribution in [0.5, 0.6) is 0 Å². The first-order valence-corrected chi connectivity index (χ1v) is 5.52. The quantitative estimate of drug-likeness (QED) is 0.800. The number of aliphatic carboxylic acids is 1. The minimum atomic E-state index is -0.766. The van der Waals surface area contributed by atoms with Gasteiger partial charge in [0.2, 0.25) is 0 Å². The summed E-state index contributed by atoms with van der Waals surface area (Å²) in [6.45, 7) is 1.24. The van der Waals surface area contributed by atoms with Crippen LogP contribution in [0.25, 0.3) is 0 Å². The summed E-state index contributed by atoms with van der Waals surface area (Å²) < 4.78 is 1.08. The first kappa shape index (κ1) is 10.7. The van der Waals surface area contributed by atoms with Crippen LogP contribution in [-0.4, -0.2) is 17.6 Å². The lowest BCUT2D eigenvalue weighted by atomic mass is 10.4. The van der Waals surface area contributed by atoms with E-state index in [1.807, 2.05) is 11.4 Å². The Balaban J connectivity index is 2.20. The molecule has 0 unspecified atom stereocenters. The standard InChI is InChI=1S/C8H10BrNO2S/c9-6-2-4-13-7(6)5-10-3-1-8(11)12/h2,4,10H,1,3,5H2,(H,11,12). The highest BCUT2D eigenvalue weighted by Crippen LogP contribution is 2.21. The van der Waals surface area contributed by atoms with Gasteiger partial charge in [-0.05, 0) is 27.4 Å². The summed E-state index contributed by atoms with van der Waals surface area (Å²) in [5.41, 5.74) is 0. The van der Waals surface area contributed by atoms with Gasteiger partial charge in [-0.15, -0.1) is 11.3 Å². The fourth-order valence-electron chi connectivity index (χ4n) is 0.848. The number of carboxylic acid groups (broad SMARTS) is 1. The maximum absolute atomic E-state index is 10.2. The van der Waals surface area contributed by atoms with Crippen molar-refractivity contribution >= 4 is 33.2 Å². The van der Waals surface area contributed by atoms with Crippen LogP contribution in [0.1, 0.15) is 11.3 Å². The van der Waals surface area contributed by atoms with Crippen molar-refractivity contribution in [1.29, 1.82) is 0 Å². The molecular weight excluding hydrogens is 254 g/mol. The molecule has 0 aromatic carbocycles. The Morgan fingerprint density at radius 3 is 3.00 bits per heavy atom. The van der Waals surface area contributed by atoms with E-state index in [-0.39, 0.29) is 6.42 Å². The van der Waals surface area contributed by atoms with Crippen LogP contribution in [0.2, 0.25) is 0 Å². The molecule has 1 rings (SSSR count). The van der Waals surface area contributed by atoms with Gasteiger partial charge in [-0.1, -0.05) is 0 Å². The van der Waals surface area contributed by atoms with E-state index in [0.29, 0.717) is 6.54 Å². The summed E-state index contributed by atoms with van der Waals surface area (Å²) in [7, 11) is 0. The Morgan fingerprint density at radius 2 is 2.46 bits per heavy atom. The molecule has 2 N–H and O–H groups in total. The molecule has 0 saturated carbocycles. The summed E-state index contributed by atoms with van der Waals surface area (Å²) in [6, 6.07) is 1.98. The van der Waals surface area contributed by atoms with Crippen molar-refractivity contribution in [3.63, 3.8) is 0 Å². The molecule has 72 valence electrons. The highest BCUT2D eigenvalue weighted by Gasteiger charge is 2.00. The average Bonchev–Trinajstić information content (AvgIpc) is 2.45. The molecule has 0 aliphatic heterocycles. The smallest absolute Gasteiger partial charge is 0.304 e. The third kappa shape index (κ3) is 3.89. The van der Waals surface area contributed by atoms with Gasteiger partial charge in [0.05, 0.1) is 6.42 Å². The van der Waals surface area contributed by atoms with Crippen molar-refractivity contribution in [3.05, 3.63) is 20.8 Å². The van der Waals surface area contributed by atoms with Gasteiger partial charge >= 0.3 is 5.97 Å². The Labute approximate surface area is 88.9 Å². The predicted molar refractivity (Wildman–Crippen MR) is 56.0 cm³/mol. The topological polar surface area (TPSA) is 49.3 Å². The number of carbonyl (C=O) groups is 1. The van der Waals surface area contributed by atoms with Gasteiger partial charge in [-0.25, -0.2) is 0 Å². The molecule has 0 spiro atoms. The van der Waals surface area contributed by atoms with Crippen LogP contribution in [0.15, 0.2) is 15.9 Å². The number of nitrogens with one attached hydrogen (secondary N) is 1. The summed E-state index contributed by atoms with van der Waals surface area (Å²) in [4.78, 5) is 11.4. The van der Waals surface area contributed by atoms with Gasteiger partial charge in [-0.3, -0.25) is 4.79 Å². The monoisotopic (exact) mass is 263 g/mol. The lowest BCUT2D eigenvalue weighted by Gasteiger charge is -2.00. The normalized spacial score (nSPS) is 10.2. The summed E-state index contributed by atoms with van der Waals surface area (Å²) in [6.07, 6.45) is 0.170. The third-order valence-corrected chi connectivity index (χ3v) is 3.42. The first-order chi connectivity index (χ1) is 6.20. The number of rotatable bonds is 5. The molecule has 1 aromatic heterocycles. The van der Waals surface area contributed by atoms with E-state index in [2.05, 4.69) is 21.2 Å². The van der Waals surface area contributed by atoms with Crippen LogP contribution in [0.3, 0.4) is 0 Å². The van der Waals surface area contributed by atoms with E-state index in [0.717, 1.165) is 11.0 Å². The van der Waals surface area contributed by atoms with E-state index in [9.17, 15) is 4.79 Å². The van der Waals surface area contributed by atoms with Gasteiger partial charge in [0.15, 0.2) is 0 Å². The van der Waals surface area contributed by atoms with Gasteiger partial charge in [0.25, 0.3) is 0 Å². The zero-order valence-corrected chi connectivity index (χ0v) is 9.32. The van der Waals surface area contributed by atoms with Crippen molar-refractivity contribution in [2.75, 3.05) is 6.54 Å². The number of hydrogen-bond acceptors (Lipinski definition) is 3. The number of carboxylic acids is 1. The van der Waals surface area contributed by atoms with Crippen LogP contribution in [-0.2, 0) is 11.3 Å². The average molecular weight is 264 g/mol. The van der Waals surface area contributed by atoms with E-state index in [1.165, 1.54) is 4.88 Å². The van der Waals surface area contributed by atoms with Gasteiger partial charge < -0.3 is 10.4 Å². The first-order valence-electron chi connectivity index (χ1n) is 3.84. The molecule has 3 nitrogen and oxygen atoms in total. The molecule has 0 amide bonds. The minimum absolute atomic E-state index is 0.170. The molecule has 0 radical (unpaired) electrons. The van der Waals surface area contributed by atoms with E-state index in [4.69, 9.17) is 5.11 Å². The summed E-state index contributed by atoms with van der Waals surface area (Å²) >= 11 is 5.05. The number of halogens is 1. The zero-order chi connectivity index (χ0) is 9.68. The minimum Gasteiger partial charge on any atom is -0.481 e. The van der Waals surface area contributed by atoms with E-state index >= 15 is 0 Å². The van der Waals surface area contributed by atoms with Crippen molar-refractivity contribution in [2.45, 2.75) is 13.0 Å². The molecule has 1 heterocycles. The SMILES string of the molecule is O=C(O)CCNCc1sccc1Br. The van der Waals surface area contributed by atoms with Crippen LogP contribution in [0.4, 0.5) is 0 Å². The molecule has 0 aliphatic carbocycles. The predicted octanol–water partition coefficient (Wildman–Crippen LogP) is 2.07. The van der Waals surface area contributed by atoms with Crippen LogP contribution in [0, 0.1) is 0 Å². The summed E-state index contributed by atoms with van der Waals surface area (Å²) in [5, 5.41) is 13.4. The fourth-order valence-corrected chi connectivity index (χ4v) is 2.31. The van der Waals surface area contributed by atoms with Crippen LogP contribution >= 0.6 is 27.3 Å². The molecular formula is C8H10BrNO2S. The molecule has 0 atom stereocenters. The van der Waals surface area contributed by atoms with Gasteiger partial charge in [0.1, 0.15) is 0 Å². The number of hydrogen-bond donors (Lipinski definition) is 2. The number of thiophene rings is 1. The van der Waals surface area contributed by atoms with Crippen molar-refractivity contribution in [1.82, 2.24) is 5.32 Å². The largest absolute Gasteiger partial charge is 0.481 e. The van der Waals surface area contributed by atoms with E-state index < -0.39 is 5.97 Å². The van der Waals surface area contributed by atoms with Gasteiger partial charge in [-0.2, -0.15) is 0 Å². The Kier molecular flexibility index (Phi) is 4.41.